The van der Waals surface area contributed by atoms with Crippen LogP contribution in [0.4, 0.5) is 0 Å². The standard InChI is InChI=1S/C12H19N3O3S/c1-9-7-13-11(10(2)12(9)16)8-14-19(17,18)15-5-3-4-6-15/h7,14H,3-6,8H2,1-2H3,(H,13,16). The van der Waals surface area contributed by atoms with Crippen LogP contribution in [0.1, 0.15) is 29.7 Å². The summed E-state index contributed by atoms with van der Waals surface area (Å²) in [6, 6.07) is 0. The lowest BCUT2D eigenvalue weighted by atomic mass is 10.1. The molecule has 106 valence electrons. The van der Waals surface area contributed by atoms with Gasteiger partial charge < -0.3 is 4.98 Å². The molecule has 1 saturated heterocycles. The molecule has 1 aromatic rings. The van der Waals surface area contributed by atoms with Crippen molar-refractivity contribution in [3.63, 3.8) is 0 Å². The van der Waals surface area contributed by atoms with Crippen LogP contribution in [0.3, 0.4) is 0 Å². The number of rotatable bonds is 4. The Morgan fingerprint density at radius 3 is 2.58 bits per heavy atom. The first-order valence-corrected chi connectivity index (χ1v) is 7.78. The van der Waals surface area contributed by atoms with Gasteiger partial charge in [0.1, 0.15) is 0 Å². The van der Waals surface area contributed by atoms with E-state index in [1.54, 1.807) is 20.0 Å². The second-order valence-corrected chi connectivity index (χ2v) is 6.59. The first-order chi connectivity index (χ1) is 8.92. The Balaban J connectivity index is 2.11. The van der Waals surface area contributed by atoms with Crippen LogP contribution in [0.15, 0.2) is 11.0 Å². The summed E-state index contributed by atoms with van der Waals surface area (Å²) >= 11 is 0. The Labute approximate surface area is 113 Å². The second kappa shape index (κ2) is 5.44. The van der Waals surface area contributed by atoms with Crippen molar-refractivity contribution in [1.29, 1.82) is 0 Å². The van der Waals surface area contributed by atoms with Crippen molar-refractivity contribution in [1.82, 2.24) is 14.0 Å². The van der Waals surface area contributed by atoms with E-state index in [1.807, 2.05) is 0 Å². The third kappa shape index (κ3) is 3.05. The summed E-state index contributed by atoms with van der Waals surface area (Å²) in [7, 11) is -3.44. The van der Waals surface area contributed by atoms with Gasteiger partial charge in [-0.25, -0.2) is 0 Å². The fraction of sp³-hybridized carbons (Fsp3) is 0.583. The first-order valence-electron chi connectivity index (χ1n) is 6.34. The molecule has 0 atom stereocenters. The Morgan fingerprint density at radius 2 is 1.95 bits per heavy atom. The van der Waals surface area contributed by atoms with E-state index in [0.717, 1.165) is 12.8 Å². The summed E-state index contributed by atoms with van der Waals surface area (Å²) in [6.07, 6.45) is 3.41. The van der Waals surface area contributed by atoms with Crippen LogP contribution in [0.5, 0.6) is 0 Å². The molecular weight excluding hydrogens is 266 g/mol. The molecule has 2 heterocycles. The highest BCUT2D eigenvalue weighted by atomic mass is 32.2. The summed E-state index contributed by atoms with van der Waals surface area (Å²) in [5.74, 6) is 0. The average molecular weight is 285 g/mol. The fourth-order valence-electron chi connectivity index (χ4n) is 2.17. The number of aryl methyl sites for hydroxylation is 1. The SMILES string of the molecule is Cc1c[nH]c(CNS(=O)(=O)N2CCCC2)c(C)c1=O. The Bertz CT molecular complexity index is 616. The lowest BCUT2D eigenvalue weighted by Gasteiger charge is -2.16. The molecule has 2 rings (SSSR count). The number of pyridine rings is 1. The van der Waals surface area contributed by atoms with E-state index in [9.17, 15) is 13.2 Å². The van der Waals surface area contributed by atoms with Gasteiger partial charge in [-0.15, -0.1) is 0 Å². The third-order valence-electron chi connectivity index (χ3n) is 3.45. The van der Waals surface area contributed by atoms with Gasteiger partial charge in [-0.2, -0.15) is 17.4 Å². The smallest absolute Gasteiger partial charge is 0.279 e. The molecule has 19 heavy (non-hydrogen) atoms. The predicted octanol–water partition coefficient (Wildman–Crippen LogP) is 0.422. The molecule has 1 aliphatic heterocycles. The quantitative estimate of drug-likeness (QED) is 0.841. The molecule has 0 radical (unpaired) electrons. The fourth-order valence-corrected chi connectivity index (χ4v) is 3.42. The van der Waals surface area contributed by atoms with Crippen LogP contribution < -0.4 is 10.2 Å². The topological polar surface area (TPSA) is 82.3 Å². The van der Waals surface area contributed by atoms with E-state index in [0.29, 0.717) is 29.9 Å². The maximum atomic E-state index is 12.0. The molecule has 0 bridgehead atoms. The summed E-state index contributed by atoms with van der Waals surface area (Å²) in [4.78, 5) is 14.7. The van der Waals surface area contributed by atoms with Crippen LogP contribution >= 0.6 is 0 Å². The number of aromatic nitrogens is 1. The minimum Gasteiger partial charge on any atom is -0.363 e. The number of nitrogens with one attached hydrogen (secondary N) is 2. The van der Waals surface area contributed by atoms with Gasteiger partial charge in [-0.05, 0) is 26.7 Å². The average Bonchev–Trinajstić information content (AvgIpc) is 2.90. The molecule has 1 aliphatic rings. The molecule has 0 aromatic carbocycles. The van der Waals surface area contributed by atoms with Crippen molar-refractivity contribution in [2.75, 3.05) is 13.1 Å². The minimum absolute atomic E-state index is 0.0471. The Morgan fingerprint density at radius 1 is 1.32 bits per heavy atom. The Kier molecular flexibility index (Phi) is 4.07. The molecule has 0 saturated carbocycles. The van der Waals surface area contributed by atoms with Gasteiger partial charge in [0, 0.05) is 36.1 Å². The zero-order valence-corrected chi connectivity index (χ0v) is 12.0. The van der Waals surface area contributed by atoms with Crippen molar-refractivity contribution in [3.8, 4) is 0 Å². The summed E-state index contributed by atoms with van der Waals surface area (Å²) in [5, 5.41) is 0. The zero-order chi connectivity index (χ0) is 14.0. The van der Waals surface area contributed by atoms with E-state index < -0.39 is 10.2 Å². The summed E-state index contributed by atoms with van der Waals surface area (Å²) < 4.78 is 28.0. The maximum absolute atomic E-state index is 12.0. The molecule has 0 aliphatic carbocycles. The molecular formula is C12H19N3O3S. The van der Waals surface area contributed by atoms with E-state index in [2.05, 4.69) is 9.71 Å². The normalized spacial score (nSPS) is 16.9. The van der Waals surface area contributed by atoms with Crippen LogP contribution in [-0.2, 0) is 16.8 Å². The van der Waals surface area contributed by atoms with Crippen molar-refractivity contribution >= 4 is 10.2 Å². The van der Waals surface area contributed by atoms with Gasteiger partial charge in [0.05, 0.1) is 6.54 Å². The van der Waals surface area contributed by atoms with Gasteiger partial charge in [-0.3, -0.25) is 4.79 Å². The first kappa shape index (κ1) is 14.2. The monoisotopic (exact) mass is 285 g/mol. The molecule has 0 spiro atoms. The van der Waals surface area contributed by atoms with Gasteiger partial charge in [0.25, 0.3) is 10.2 Å². The number of hydrogen-bond donors (Lipinski definition) is 2. The highest BCUT2D eigenvalue weighted by Crippen LogP contribution is 2.11. The molecule has 2 N–H and O–H groups in total. The van der Waals surface area contributed by atoms with Gasteiger partial charge >= 0.3 is 0 Å². The van der Waals surface area contributed by atoms with Gasteiger partial charge in [0.15, 0.2) is 5.43 Å². The summed E-state index contributed by atoms with van der Waals surface area (Å²) in [5.41, 5.74) is 1.75. The Hall–Kier alpha value is -1.18. The van der Waals surface area contributed by atoms with Crippen LogP contribution in [0.25, 0.3) is 0 Å². The van der Waals surface area contributed by atoms with E-state index >= 15 is 0 Å². The highest BCUT2D eigenvalue weighted by molar-refractivity contribution is 7.87. The molecule has 1 fully saturated rings. The van der Waals surface area contributed by atoms with Crippen LogP contribution in [0, 0.1) is 13.8 Å². The minimum atomic E-state index is -3.44. The second-order valence-electron chi connectivity index (χ2n) is 4.84. The lowest BCUT2D eigenvalue weighted by Crippen LogP contribution is -2.39. The van der Waals surface area contributed by atoms with Crippen molar-refractivity contribution < 1.29 is 8.42 Å². The maximum Gasteiger partial charge on any atom is 0.279 e. The van der Waals surface area contributed by atoms with Crippen molar-refractivity contribution in [3.05, 3.63) is 33.2 Å². The highest BCUT2D eigenvalue weighted by Gasteiger charge is 2.24. The third-order valence-corrected chi connectivity index (χ3v) is 5.00. The van der Waals surface area contributed by atoms with Crippen LogP contribution in [-0.4, -0.2) is 30.8 Å². The van der Waals surface area contributed by atoms with E-state index in [-0.39, 0.29) is 12.0 Å². The van der Waals surface area contributed by atoms with Crippen molar-refractivity contribution in [2.45, 2.75) is 33.2 Å². The number of hydrogen-bond acceptors (Lipinski definition) is 3. The molecule has 0 unspecified atom stereocenters. The van der Waals surface area contributed by atoms with Gasteiger partial charge in [-0.1, -0.05) is 0 Å². The van der Waals surface area contributed by atoms with Crippen LogP contribution in [0.2, 0.25) is 0 Å². The zero-order valence-electron chi connectivity index (χ0n) is 11.2. The molecule has 6 nitrogen and oxygen atoms in total. The number of H-pyrrole nitrogens is 1. The van der Waals surface area contributed by atoms with E-state index in [1.165, 1.54) is 4.31 Å². The molecule has 0 amide bonds. The van der Waals surface area contributed by atoms with Crippen molar-refractivity contribution in [2.24, 2.45) is 0 Å². The largest absolute Gasteiger partial charge is 0.363 e. The number of aromatic amines is 1. The van der Waals surface area contributed by atoms with E-state index in [4.69, 9.17) is 0 Å². The lowest BCUT2D eigenvalue weighted by molar-refractivity contribution is 0.464. The van der Waals surface area contributed by atoms with Gasteiger partial charge in [0.2, 0.25) is 0 Å². The predicted molar refractivity (Wildman–Crippen MR) is 73.1 cm³/mol. The number of nitrogens with zero attached hydrogens (tertiary/aromatic N) is 1. The summed E-state index contributed by atoms with van der Waals surface area (Å²) in [6.45, 7) is 4.67. The molecule has 1 aromatic heterocycles. The molecule has 7 heteroatoms.